The summed E-state index contributed by atoms with van der Waals surface area (Å²) in [5.41, 5.74) is 3.42. The van der Waals surface area contributed by atoms with Gasteiger partial charge in [-0.15, -0.1) is 11.3 Å². The molecule has 0 saturated heterocycles. The number of rotatable bonds is 1. The summed E-state index contributed by atoms with van der Waals surface area (Å²) in [6.07, 6.45) is 3.49. The van der Waals surface area contributed by atoms with E-state index in [-0.39, 0.29) is 6.09 Å². The Labute approximate surface area is 111 Å². The highest BCUT2D eigenvalue weighted by molar-refractivity contribution is 7.07. The lowest BCUT2D eigenvalue weighted by atomic mass is 10.1. The number of carbonyl (C=O) groups excluding carboxylic acids is 1. The molecule has 0 spiro atoms. The average Bonchev–Trinajstić information content (AvgIpc) is 2.80. The first kappa shape index (κ1) is 13.1. The van der Waals surface area contributed by atoms with E-state index in [1.165, 1.54) is 0 Å². The van der Waals surface area contributed by atoms with Gasteiger partial charge < -0.3 is 4.74 Å². The molecule has 0 unspecified atom stereocenters. The molecule has 0 bridgehead atoms. The highest BCUT2D eigenvalue weighted by atomic mass is 32.1. The van der Waals surface area contributed by atoms with E-state index in [1.54, 1.807) is 16.2 Å². The van der Waals surface area contributed by atoms with E-state index >= 15 is 0 Å². The van der Waals surface area contributed by atoms with Crippen LogP contribution in [-0.4, -0.2) is 28.1 Å². The SMILES string of the molecule is CC(C)(C)OC(=O)N1C=C(c2cscn2)CCC1. The van der Waals surface area contributed by atoms with Gasteiger partial charge in [0.05, 0.1) is 11.2 Å². The van der Waals surface area contributed by atoms with Gasteiger partial charge in [-0.25, -0.2) is 9.78 Å². The lowest BCUT2D eigenvalue weighted by Gasteiger charge is -2.28. The number of nitrogens with zero attached hydrogens (tertiary/aromatic N) is 2. The van der Waals surface area contributed by atoms with Crippen LogP contribution >= 0.6 is 11.3 Å². The number of thiazole rings is 1. The second-order valence-electron chi connectivity index (χ2n) is 5.31. The monoisotopic (exact) mass is 266 g/mol. The van der Waals surface area contributed by atoms with Crippen molar-refractivity contribution >= 4 is 23.0 Å². The van der Waals surface area contributed by atoms with Crippen molar-refractivity contribution in [1.29, 1.82) is 0 Å². The van der Waals surface area contributed by atoms with Crippen LogP contribution in [0.3, 0.4) is 0 Å². The third kappa shape index (κ3) is 3.32. The van der Waals surface area contributed by atoms with Gasteiger partial charge in [0.25, 0.3) is 0 Å². The van der Waals surface area contributed by atoms with E-state index in [0.29, 0.717) is 6.54 Å². The predicted molar refractivity (Wildman–Crippen MR) is 72.3 cm³/mol. The maximum atomic E-state index is 12.0. The van der Waals surface area contributed by atoms with Crippen LogP contribution in [0.25, 0.3) is 5.57 Å². The van der Waals surface area contributed by atoms with Crippen molar-refractivity contribution in [1.82, 2.24) is 9.88 Å². The van der Waals surface area contributed by atoms with Crippen LogP contribution in [-0.2, 0) is 4.74 Å². The average molecular weight is 266 g/mol. The molecule has 0 radical (unpaired) electrons. The van der Waals surface area contributed by atoms with Gasteiger partial charge >= 0.3 is 6.09 Å². The van der Waals surface area contributed by atoms with Crippen molar-refractivity contribution in [2.45, 2.75) is 39.2 Å². The molecule has 1 aromatic rings. The van der Waals surface area contributed by atoms with Gasteiger partial charge in [-0.05, 0) is 39.2 Å². The molecule has 1 amide bonds. The Morgan fingerprint density at radius 3 is 2.89 bits per heavy atom. The van der Waals surface area contributed by atoms with Gasteiger partial charge in [0, 0.05) is 18.1 Å². The number of aromatic nitrogens is 1. The van der Waals surface area contributed by atoms with Crippen molar-refractivity contribution in [3.8, 4) is 0 Å². The standard InChI is InChI=1S/C13H18N2O2S/c1-13(2,3)17-12(16)15-6-4-5-10(7-15)11-8-18-9-14-11/h7-9H,4-6H2,1-3H3. The number of ether oxygens (including phenoxy) is 1. The minimum atomic E-state index is -0.455. The van der Waals surface area contributed by atoms with Crippen LogP contribution in [0.5, 0.6) is 0 Å². The Hall–Kier alpha value is -1.36. The first-order valence-electron chi connectivity index (χ1n) is 6.04. The van der Waals surface area contributed by atoms with Gasteiger partial charge in [-0.3, -0.25) is 4.90 Å². The molecule has 5 heteroatoms. The number of hydrogen-bond donors (Lipinski definition) is 0. The molecule has 98 valence electrons. The molecular weight excluding hydrogens is 248 g/mol. The normalized spacial score (nSPS) is 16.4. The molecule has 1 aliphatic heterocycles. The molecule has 2 rings (SSSR count). The van der Waals surface area contributed by atoms with Gasteiger partial charge in [0.2, 0.25) is 0 Å². The number of amides is 1. The first-order valence-corrected chi connectivity index (χ1v) is 6.99. The predicted octanol–water partition coefficient (Wildman–Crippen LogP) is 3.51. The molecule has 0 atom stereocenters. The Balaban J connectivity index is 2.10. The minimum Gasteiger partial charge on any atom is -0.443 e. The van der Waals surface area contributed by atoms with Crippen molar-refractivity contribution in [3.05, 3.63) is 22.8 Å². The second-order valence-corrected chi connectivity index (χ2v) is 6.02. The van der Waals surface area contributed by atoms with Crippen LogP contribution < -0.4 is 0 Å². The molecule has 18 heavy (non-hydrogen) atoms. The zero-order valence-corrected chi connectivity index (χ0v) is 11.8. The van der Waals surface area contributed by atoms with E-state index in [4.69, 9.17) is 4.74 Å². The van der Waals surface area contributed by atoms with Crippen molar-refractivity contribution in [2.24, 2.45) is 0 Å². The van der Waals surface area contributed by atoms with Crippen molar-refractivity contribution in [3.63, 3.8) is 0 Å². The number of hydrogen-bond acceptors (Lipinski definition) is 4. The fourth-order valence-corrected chi connectivity index (χ4v) is 2.36. The summed E-state index contributed by atoms with van der Waals surface area (Å²) in [5, 5.41) is 2.00. The third-order valence-electron chi connectivity index (χ3n) is 2.55. The first-order chi connectivity index (χ1) is 8.46. The topological polar surface area (TPSA) is 42.4 Å². The van der Waals surface area contributed by atoms with Gasteiger partial charge in [-0.2, -0.15) is 0 Å². The smallest absolute Gasteiger partial charge is 0.414 e. The van der Waals surface area contributed by atoms with E-state index in [2.05, 4.69) is 4.98 Å². The van der Waals surface area contributed by atoms with Crippen LogP contribution in [0.2, 0.25) is 0 Å². The Morgan fingerprint density at radius 1 is 1.50 bits per heavy atom. The Kier molecular flexibility index (Phi) is 3.71. The fraction of sp³-hybridized carbons (Fsp3) is 0.538. The molecule has 2 heterocycles. The number of carbonyl (C=O) groups is 1. The fourth-order valence-electron chi connectivity index (χ4n) is 1.79. The Bertz CT molecular complexity index is 446. The summed E-state index contributed by atoms with van der Waals surface area (Å²) in [5.74, 6) is 0. The molecule has 1 aromatic heterocycles. The summed E-state index contributed by atoms with van der Waals surface area (Å²) in [6.45, 7) is 6.34. The molecule has 0 aliphatic carbocycles. The summed E-state index contributed by atoms with van der Waals surface area (Å²) < 4.78 is 5.37. The molecule has 0 N–H and O–H groups in total. The lowest BCUT2D eigenvalue weighted by molar-refractivity contribution is 0.0329. The maximum absolute atomic E-state index is 12.0. The molecule has 4 nitrogen and oxygen atoms in total. The Morgan fingerprint density at radius 2 is 2.28 bits per heavy atom. The largest absolute Gasteiger partial charge is 0.443 e. The molecule has 0 aromatic carbocycles. The molecule has 0 fully saturated rings. The van der Waals surface area contributed by atoms with Crippen molar-refractivity contribution in [2.75, 3.05) is 6.54 Å². The minimum absolute atomic E-state index is 0.282. The summed E-state index contributed by atoms with van der Waals surface area (Å²) in [7, 11) is 0. The second kappa shape index (κ2) is 5.10. The van der Waals surface area contributed by atoms with Gasteiger partial charge in [0.15, 0.2) is 0 Å². The highest BCUT2D eigenvalue weighted by Gasteiger charge is 2.23. The van der Waals surface area contributed by atoms with E-state index in [0.717, 1.165) is 24.1 Å². The van der Waals surface area contributed by atoms with Crippen LogP contribution in [0.1, 0.15) is 39.3 Å². The van der Waals surface area contributed by atoms with Crippen LogP contribution in [0.15, 0.2) is 17.1 Å². The molecular formula is C13H18N2O2S. The van der Waals surface area contributed by atoms with E-state index < -0.39 is 5.60 Å². The lowest BCUT2D eigenvalue weighted by Crippen LogP contribution is -2.35. The molecule has 0 saturated carbocycles. The summed E-state index contributed by atoms with van der Waals surface area (Å²) >= 11 is 1.57. The molecule has 1 aliphatic rings. The van der Waals surface area contributed by atoms with Gasteiger partial charge in [0.1, 0.15) is 5.60 Å². The van der Waals surface area contributed by atoms with Crippen LogP contribution in [0.4, 0.5) is 4.79 Å². The number of allylic oxidation sites excluding steroid dienone is 1. The summed E-state index contributed by atoms with van der Waals surface area (Å²) in [6, 6.07) is 0. The third-order valence-corrected chi connectivity index (χ3v) is 3.13. The zero-order valence-electron chi connectivity index (χ0n) is 11.0. The van der Waals surface area contributed by atoms with Gasteiger partial charge in [-0.1, -0.05) is 0 Å². The van der Waals surface area contributed by atoms with E-state index in [1.807, 2.05) is 37.9 Å². The quantitative estimate of drug-likeness (QED) is 0.781. The summed E-state index contributed by atoms with van der Waals surface area (Å²) in [4.78, 5) is 17.9. The van der Waals surface area contributed by atoms with Crippen molar-refractivity contribution < 1.29 is 9.53 Å². The highest BCUT2D eigenvalue weighted by Crippen LogP contribution is 2.25. The van der Waals surface area contributed by atoms with Crippen LogP contribution in [0, 0.1) is 0 Å². The maximum Gasteiger partial charge on any atom is 0.414 e. The van der Waals surface area contributed by atoms with E-state index in [9.17, 15) is 4.79 Å². The zero-order chi connectivity index (χ0) is 13.2.